The van der Waals surface area contributed by atoms with Crippen LogP contribution in [0.25, 0.3) is 0 Å². The lowest BCUT2D eigenvalue weighted by atomic mass is 10.1. The number of aryl methyl sites for hydroxylation is 1. The number of rotatable bonds is 7. The Kier molecular flexibility index (Phi) is 6.33. The molecular formula is C20H23N3O3. The first-order valence-corrected chi connectivity index (χ1v) is 8.90. The highest BCUT2D eigenvalue weighted by Gasteiger charge is 2.18. The molecule has 0 aliphatic carbocycles. The Labute approximate surface area is 153 Å². The fraction of sp³-hybridized carbons (Fsp3) is 0.350. The predicted octanol–water partition coefficient (Wildman–Crippen LogP) is 2.56. The number of hydrogen-bond acceptors (Lipinski definition) is 4. The van der Waals surface area contributed by atoms with E-state index >= 15 is 0 Å². The van der Waals surface area contributed by atoms with Gasteiger partial charge in [-0.05, 0) is 43.0 Å². The molecule has 0 bridgehead atoms. The average molecular weight is 353 g/mol. The lowest BCUT2D eigenvalue weighted by Crippen LogP contribution is -2.32. The molecular weight excluding hydrogens is 330 g/mol. The molecule has 1 saturated heterocycles. The van der Waals surface area contributed by atoms with Crippen molar-refractivity contribution in [2.45, 2.75) is 31.8 Å². The molecule has 1 unspecified atom stereocenters. The highest BCUT2D eigenvalue weighted by atomic mass is 16.5. The minimum Gasteiger partial charge on any atom is -0.376 e. The highest BCUT2D eigenvalue weighted by Crippen LogP contribution is 2.16. The van der Waals surface area contributed by atoms with Gasteiger partial charge < -0.3 is 15.4 Å². The number of carbonyl (C=O) groups excluding carboxylic acids is 2. The molecule has 1 fully saturated rings. The van der Waals surface area contributed by atoms with Gasteiger partial charge in [0.25, 0.3) is 5.91 Å². The van der Waals surface area contributed by atoms with E-state index in [2.05, 4.69) is 15.6 Å². The van der Waals surface area contributed by atoms with Gasteiger partial charge in [0.05, 0.1) is 17.4 Å². The number of aromatic nitrogens is 1. The molecule has 3 rings (SSSR count). The van der Waals surface area contributed by atoms with E-state index in [0.717, 1.165) is 25.0 Å². The van der Waals surface area contributed by atoms with Gasteiger partial charge in [-0.3, -0.25) is 14.6 Å². The van der Waals surface area contributed by atoms with Crippen molar-refractivity contribution in [3.63, 3.8) is 0 Å². The van der Waals surface area contributed by atoms with Crippen LogP contribution in [0, 0.1) is 0 Å². The summed E-state index contributed by atoms with van der Waals surface area (Å²) in [5.74, 6) is -0.336. The van der Waals surface area contributed by atoms with Gasteiger partial charge in [0.2, 0.25) is 5.91 Å². The SMILES string of the molecule is O=C(CCc1cccnc1)Nc1ccccc1C(=O)NCC1CCCO1. The van der Waals surface area contributed by atoms with E-state index in [-0.39, 0.29) is 17.9 Å². The van der Waals surface area contributed by atoms with E-state index in [0.29, 0.717) is 30.6 Å². The zero-order chi connectivity index (χ0) is 18.2. The maximum atomic E-state index is 12.5. The fourth-order valence-corrected chi connectivity index (χ4v) is 2.91. The van der Waals surface area contributed by atoms with Crippen LogP contribution in [-0.2, 0) is 16.0 Å². The molecule has 136 valence electrons. The van der Waals surface area contributed by atoms with Crippen LogP contribution in [0.2, 0.25) is 0 Å². The monoisotopic (exact) mass is 353 g/mol. The van der Waals surface area contributed by atoms with Gasteiger partial charge in [0.15, 0.2) is 0 Å². The lowest BCUT2D eigenvalue weighted by Gasteiger charge is -2.13. The fourth-order valence-electron chi connectivity index (χ4n) is 2.91. The largest absolute Gasteiger partial charge is 0.376 e. The Morgan fingerprint density at radius 3 is 2.85 bits per heavy atom. The molecule has 2 N–H and O–H groups in total. The minimum atomic E-state index is -0.205. The maximum absolute atomic E-state index is 12.5. The topological polar surface area (TPSA) is 80.3 Å². The van der Waals surface area contributed by atoms with Gasteiger partial charge >= 0.3 is 0 Å². The number of carbonyl (C=O) groups is 2. The standard InChI is InChI=1S/C20H23N3O3/c24-19(10-9-15-5-3-11-21-13-15)23-18-8-2-1-7-17(18)20(25)22-14-16-6-4-12-26-16/h1-3,5,7-8,11,13,16H,4,6,9-10,12,14H2,(H,22,25)(H,23,24). The molecule has 0 radical (unpaired) electrons. The van der Waals surface area contributed by atoms with E-state index in [1.165, 1.54) is 0 Å². The molecule has 1 aromatic heterocycles. The van der Waals surface area contributed by atoms with Crippen molar-refractivity contribution in [2.75, 3.05) is 18.5 Å². The van der Waals surface area contributed by atoms with E-state index in [9.17, 15) is 9.59 Å². The van der Waals surface area contributed by atoms with Crippen molar-refractivity contribution in [3.8, 4) is 0 Å². The first-order valence-electron chi connectivity index (χ1n) is 8.90. The average Bonchev–Trinajstić information content (AvgIpc) is 3.19. The van der Waals surface area contributed by atoms with Crippen molar-refractivity contribution in [3.05, 3.63) is 59.9 Å². The van der Waals surface area contributed by atoms with Crippen molar-refractivity contribution >= 4 is 17.5 Å². The van der Waals surface area contributed by atoms with Crippen molar-refractivity contribution in [1.29, 1.82) is 0 Å². The summed E-state index contributed by atoms with van der Waals surface area (Å²) in [7, 11) is 0. The predicted molar refractivity (Wildman–Crippen MR) is 98.9 cm³/mol. The first-order chi connectivity index (χ1) is 12.7. The summed E-state index contributed by atoms with van der Waals surface area (Å²) in [5.41, 5.74) is 1.99. The van der Waals surface area contributed by atoms with Crippen LogP contribution >= 0.6 is 0 Å². The zero-order valence-electron chi connectivity index (χ0n) is 14.6. The summed E-state index contributed by atoms with van der Waals surface area (Å²) in [5, 5.41) is 5.73. The number of nitrogens with zero attached hydrogens (tertiary/aromatic N) is 1. The quantitative estimate of drug-likeness (QED) is 0.802. The smallest absolute Gasteiger partial charge is 0.253 e. The molecule has 6 nitrogen and oxygen atoms in total. The van der Waals surface area contributed by atoms with Gasteiger partial charge in [0, 0.05) is 32.0 Å². The van der Waals surface area contributed by atoms with E-state index < -0.39 is 0 Å². The molecule has 1 aliphatic heterocycles. The molecule has 0 spiro atoms. The molecule has 1 aliphatic rings. The number of pyridine rings is 1. The number of amides is 2. The number of hydrogen-bond donors (Lipinski definition) is 2. The number of para-hydroxylation sites is 1. The Morgan fingerprint density at radius 2 is 2.08 bits per heavy atom. The van der Waals surface area contributed by atoms with Crippen LogP contribution in [0.5, 0.6) is 0 Å². The highest BCUT2D eigenvalue weighted by molar-refractivity contribution is 6.03. The number of nitrogens with one attached hydrogen (secondary N) is 2. The second kappa shape index (κ2) is 9.10. The van der Waals surface area contributed by atoms with Crippen LogP contribution < -0.4 is 10.6 Å². The lowest BCUT2D eigenvalue weighted by molar-refractivity contribution is -0.116. The second-order valence-electron chi connectivity index (χ2n) is 6.30. The molecule has 6 heteroatoms. The molecule has 2 aromatic rings. The molecule has 2 heterocycles. The second-order valence-corrected chi connectivity index (χ2v) is 6.30. The molecule has 0 saturated carbocycles. The first kappa shape index (κ1) is 18.1. The molecule has 2 amide bonds. The van der Waals surface area contributed by atoms with Crippen LogP contribution in [0.15, 0.2) is 48.8 Å². The van der Waals surface area contributed by atoms with Crippen molar-refractivity contribution in [1.82, 2.24) is 10.3 Å². The van der Waals surface area contributed by atoms with Gasteiger partial charge in [-0.2, -0.15) is 0 Å². The van der Waals surface area contributed by atoms with Crippen LogP contribution in [0.3, 0.4) is 0 Å². The number of ether oxygens (including phenoxy) is 1. The molecule has 26 heavy (non-hydrogen) atoms. The summed E-state index contributed by atoms with van der Waals surface area (Å²) < 4.78 is 5.52. The molecule has 1 atom stereocenters. The van der Waals surface area contributed by atoms with Crippen LogP contribution in [-0.4, -0.2) is 36.1 Å². The summed E-state index contributed by atoms with van der Waals surface area (Å²) in [6.07, 6.45) is 6.47. The third kappa shape index (κ3) is 5.13. The van der Waals surface area contributed by atoms with E-state index in [4.69, 9.17) is 4.74 Å². The summed E-state index contributed by atoms with van der Waals surface area (Å²) in [6, 6.07) is 10.8. The Balaban J connectivity index is 1.55. The van der Waals surface area contributed by atoms with Crippen molar-refractivity contribution < 1.29 is 14.3 Å². The van der Waals surface area contributed by atoms with Gasteiger partial charge in [-0.25, -0.2) is 0 Å². The minimum absolute atomic E-state index is 0.0835. The maximum Gasteiger partial charge on any atom is 0.253 e. The van der Waals surface area contributed by atoms with Crippen molar-refractivity contribution in [2.24, 2.45) is 0 Å². The number of anilines is 1. The Morgan fingerprint density at radius 1 is 1.19 bits per heavy atom. The Bertz CT molecular complexity index is 743. The van der Waals surface area contributed by atoms with Gasteiger partial charge in [-0.1, -0.05) is 18.2 Å². The third-order valence-corrected chi connectivity index (χ3v) is 4.32. The molecule has 1 aromatic carbocycles. The van der Waals surface area contributed by atoms with E-state index in [1.807, 2.05) is 12.1 Å². The van der Waals surface area contributed by atoms with Gasteiger partial charge in [0.1, 0.15) is 0 Å². The van der Waals surface area contributed by atoms with Gasteiger partial charge in [-0.15, -0.1) is 0 Å². The van der Waals surface area contributed by atoms with Crippen LogP contribution in [0.1, 0.15) is 35.2 Å². The van der Waals surface area contributed by atoms with E-state index in [1.54, 1.807) is 36.7 Å². The summed E-state index contributed by atoms with van der Waals surface area (Å²) >= 11 is 0. The summed E-state index contributed by atoms with van der Waals surface area (Å²) in [4.78, 5) is 28.7. The zero-order valence-corrected chi connectivity index (χ0v) is 14.6. The number of benzene rings is 1. The van der Waals surface area contributed by atoms with Crippen LogP contribution in [0.4, 0.5) is 5.69 Å². The normalized spacial score (nSPS) is 16.2. The Hall–Kier alpha value is -2.73. The third-order valence-electron chi connectivity index (χ3n) is 4.32. The summed E-state index contributed by atoms with van der Waals surface area (Å²) in [6.45, 7) is 1.24.